The molecule has 2 rings (SSSR count). The van der Waals surface area contributed by atoms with Gasteiger partial charge in [0.05, 0.1) is 25.2 Å². The molecule has 0 unspecified atom stereocenters. The molecule has 2 aromatic rings. The Morgan fingerprint density at radius 3 is 2.29 bits per heavy atom. The van der Waals surface area contributed by atoms with Crippen LogP contribution in [0.3, 0.4) is 0 Å². The molecule has 0 aromatic heterocycles. The molecule has 0 bridgehead atoms. The van der Waals surface area contributed by atoms with Gasteiger partial charge in [-0.3, -0.25) is 4.79 Å². The Bertz CT molecular complexity index is 897. The second-order valence-electron chi connectivity index (χ2n) is 5.99. The highest BCUT2D eigenvalue weighted by Gasteiger charge is 2.27. The van der Waals surface area contributed by atoms with E-state index in [2.05, 4.69) is 0 Å². The van der Waals surface area contributed by atoms with Crippen LogP contribution < -0.4 is 14.4 Å². The number of nitrogens with zero attached hydrogens (tertiary/aromatic N) is 2. The highest BCUT2D eigenvalue weighted by Crippen LogP contribution is 2.22. The van der Waals surface area contributed by atoms with Crippen molar-refractivity contribution in [3.63, 3.8) is 0 Å². The van der Waals surface area contributed by atoms with E-state index in [-0.39, 0.29) is 23.9 Å². The van der Waals surface area contributed by atoms with Crippen LogP contribution in [0.1, 0.15) is 13.8 Å². The molecule has 0 aliphatic heterocycles. The van der Waals surface area contributed by atoms with Crippen LogP contribution in [-0.2, 0) is 14.8 Å². The summed E-state index contributed by atoms with van der Waals surface area (Å²) < 4.78 is 37.5. The van der Waals surface area contributed by atoms with Crippen molar-refractivity contribution in [3.8, 4) is 11.5 Å². The first-order chi connectivity index (χ1) is 13.3. The van der Waals surface area contributed by atoms with Gasteiger partial charge in [0.2, 0.25) is 15.9 Å². The molecular formula is C20H26N2O5S. The molecule has 0 saturated heterocycles. The number of sulfonamides is 1. The van der Waals surface area contributed by atoms with Crippen LogP contribution in [-0.4, -0.2) is 52.5 Å². The average molecular weight is 407 g/mol. The van der Waals surface area contributed by atoms with Crippen LogP contribution in [0.5, 0.6) is 11.5 Å². The van der Waals surface area contributed by atoms with Gasteiger partial charge in [0.15, 0.2) is 0 Å². The standard InChI is InChI=1S/C20H26N2O5S/c1-5-22(28(24,25)19-12-10-17(11-13-19)27-6-2)15-20(23)21(3)16-8-7-9-18(14-16)26-4/h7-14H,5-6,15H2,1-4H3. The number of rotatable bonds is 9. The zero-order valence-electron chi connectivity index (χ0n) is 16.6. The van der Waals surface area contributed by atoms with Crippen molar-refractivity contribution in [1.82, 2.24) is 4.31 Å². The van der Waals surface area contributed by atoms with E-state index < -0.39 is 10.0 Å². The third-order valence-corrected chi connectivity index (χ3v) is 6.19. The van der Waals surface area contributed by atoms with Crippen LogP contribution in [0.25, 0.3) is 0 Å². The minimum absolute atomic E-state index is 0.120. The number of likely N-dealkylation sites (N-methyl/N-ethyl adjacent to an activating group) is 2. The highest BCUT2D eigenvalue weighted by molar-refractivity contribution is 7.89. The summed E-state index contributed by atoms with van der Waals surface area (Å²) in [7, 11) is -0.650. The lowest BCUT2D eigenvalue weighted by Crippen LogP contribution is -2.41. The number of carbonyl (C=O) groups excluding carboxylic acids is 1. The molecular weight excluding hydrogens is 380 g/mol. The van der Waals surface area contributed by atoms with E-state index in [1.165, 1.54) is 17.0 Å². The van der Waals surface area contributed by atoms with Crippen LogP contribution >= 0.6 is 0 Å². The number of amides is 1. The molecule has 28 heavy (non-hydrogen) atoms. The monoisotopic (exact) mass is 406 g/mol. The van der Waals surface area contributed by atoms with Gasteiger partial charge in [-0.05, 0) is 43.3 Å². The van der Waals surface area contributed by atoms with Crippen molar-refractivity contribution in [3.05, 3.63) is 48.5 Å². The number of benzene rings is 2. The summed E-state index contributed by atoms with van der Waals surface area (Å²) in [6.07, 6.45) is 0. The number of anilines is 1. The molecule has 0 heterocycles. The Hall–Kier alpha value is -2.58. The fourth-order valence-electron chi connectivity index (χ4n) is 2.61. The number of carbonyl (C=O) groups is 1. The largest absolute Gasteiger partial charge is 0.497 e. The van der Waals surface area contributed by atoms with Gasteiger partial charge in [0.25, 0.3) is 0 Å². The lowest BCUT2D eigenvalue weighted by molar-refractivity contribution is -0.118. The zero-order valence-corrected chi connectivity index (χ0v) is 17.4. The average Bonchev–Trinajstić information content (AvgIpc) is 2.71. The molecule has 0 atom stereocenters. The maximum atomic E-state index is 12.9. The third-order valence-electron chi connectivity index (χ3n) is 4.25. The first kappa shape index (κ1) is 21.7. The number of hydrogen-bond acceptors (Lipinski definition) is 5. The summed E-state index contributed by atoms with van der Waals surface area (Å²) in [6.45, 7) is 3.96. The Kier molecular flexibility index (Phi) is 7.42. The smallest absolute Gasteiger partial charge is 0.243 e. The number of hydrogen-bond donors (Lipinski definition) is 0. The summed E-state index contributed by atoms with van der Waals surface area (Å²) >= 11 is 0. The van der Waals surface area contributed by atoms with E-state index in [0.29, 0.717) is 23.8 Å². The van der Waals surface area contributed by atoms with E-state index in [4.69, 9.17) is 9.47 Å². The van der Waals surface area contributed by atoms with Gasteiger partial charge in [0.1, 0.15) is 11.5 Å². The van der Waals surface area contributed by atoms with Crippen LogP contribution in [0, 0.1) is 0 Å². The molecule has 0 saturated carbocycles. The Labute approximate surface area is 166 Å². The molecule has 0 N–H and O–H groups in total. The van der Waals surface area contributed by atoms with E-state index >= 15 is 0 Å². The van der Waals surface area contributed by atoms with Crippen molar-refractivity contribution in [1.29, 1.82) is 0 Å². The highest BCUT2D eigenvalue weighted by atomic mass is 32.2. The predicted molar refractivity (Wildman–Crippen MR) is 108 cm³/mol. The van der Waals surface area contributed by atoms with Crippen molar-refractivity contribution in [2.24, 2.45) is 0 Å². The van der Waals surface area contributed by atoms with Gasteiger partial charge >= 0.3 is 0 Å². The fraction of sp³-hybridized carbons (Fsp3) is 0.350. The molecule has 0 spiro atoms. The van der Waals surface area contributed by atoms with Gasteiger partial charge in [0, 0.05) is 25.3 Å². The maximum Gasteiger partial charge on any atom is 0.243 e. The third kappa shape index (κ3) is 5.02. The molecule has 8 heteroatoms. The lowest BCUT2D eigenvalue weighted by Gasteiger charge is -2.24. The quantitative estimate of drug-likeness (QED) is 0.640. The van der Waals surface area contributed by atoms with Gasteiger partial charge in [-0.1, -0.05) is 13.0 Å². The zero-order chi connectivity index (χ0) is 20.7. The number of methoxy groups -OCH3 is 1. The first-order valence-electron chi connectivity index (χ1n) is 8.97. The van der Waals surface area contributed by atoms with Crippen LogP contribution in [0.2, 0.25) is 0 Å². The second kappa shape index (κ2) is 9.57. The molecule has 1 amide bonds. The Balaban J connectivity index is 2.18. The topological polar surface area (TPSA) is 76.2 Å². The minimum Gasteiger partial charge on any atom is -0.497 e. The first-order valence-corrected chi connectivity index (χ1v) is 10.4. The van der Waals surface area contributed by atoms with Gasteiger partial charge < -0.3 is 14.4 Å². The molecule has 0 fully saturated rings. The van der Waals surface area contributed by atoms with Crippen LogP contribution in [0.15, 0.2) is 53.4 Å². The summed E-state index contributed by atoms with van der Waals surface area (Å²) in [6, 6.07) is 13.2. The van der Waals surface area contributed by atoms with Crippen molar-refractivity contribution >= 4 is 21.6 Å². The molecule has 2 aromatic carbocycles. The Morgan fingerprint density at radius 1 is 1.04 bits per heavy atom. The maximum absolute atomic E-state index is 12.9. The second-order valence-corrected chi connectivity index (χ2v) is 7.93. The minimum atomic E-state index is -3.80. The lowest BCUT2D eigenvalue weighted by atomic mass is 10.2. The van der Waals surface area contributed by atoms with E-state index in [0.717, 1.165) is 4.31 Å². The normalized spacial score (nSPS) is 11.3. The van der Waals surface area contributed by atoms with E-state index in [1.54, 1.807) is 57.5 Å². The van der Waals surface area contributed by atoms with Gasteiger partial charge in [-0.25, -0.2) is 8.42 Å². The SMILES string of the molecule is CCOc1ccc(S(=O)(=O)N(CC)CC(=O)N(C)c2cccc(OC)c2)cc1. The summed E-state index contributed by atoms with van der Waals surface area (Å²) in [4.78, 5) is 14.2. The van der Waals surface area contributed by atoms with E-state index in [1.807, 2.05) is 6.92 Å². The van der Waals surface area contributed by atoms with Crippen molar-refractivity contribution < 1.29 is 22.7 Å². The molecule has 0 aliphatic rings. The van der Waals surface area contributed by atoms with Crippen molar-refractivity contribution in [2.75, 3.05) is 38.8 Å². The predicted octanol–water partition coefficient (Wildman–Crippen LogP) is 2.77. The van der Waals surface area contributed by atoms with Crippen LogP contribution in [0.4, 0.5) is 5.69 Å². The molecule has 152 valence electrons. The summed E-state index contributed by atoms with van der Waals surface area (Å²) in [5, 5.41) is 0. The molecule has 0 radical (unpaired) electrons. The van der Waals surface area contributed by atoms with Gasteiger partial charge in [-0.2, -0.15) is 4.31 Å². The fourth-order valence-corrected chi connectivity index (χ4v) is 4.01. The van der Waals surface area contributed by atoms with Crippen molar-refractivity contribution in [2.45, 2.75) is 18.7 Å². The Morgan fingerprint density at radius 2 is 1.71 bits per heavy atom. The number of ether oxygens (including phenoxy) is 2. The summed E-state index contributed by atoms with van der Waals surface area (Å²) in [5.74, 6) is 0.870. The molecule has 0 aliphatic carbocycles. The summed E-state index contributed by atoms with van der Waals surface area (Å²) in [5.41, 5.74) is 0.624. The van der Waals surface area contributed by atoms with Gasteiger partial charge in [-0.15, -0.1) is 0 Å². The molecule has 7 nitrogen and oxygen atoms in total. The van der Waals surface area contributed by atoms with E-state index in [9.17, 15) is 13.2 Å².